The van der Waals surface area contributed by atoms with Crippen LogP contribution in [-0.4, -0.2) is 33.9 Å². The Balaban J connectivity index is 2.01. The summed E-state index contributed by atoms with van der Waals surface area (Å²) in [5.74, 6) is -0.434. The summed E-state index contributed by atoms with van der Waals surface area (Å²) in [5.41, 5.74) is 0.752. The van der Waals surface area contributed by atoms with Crippen molar-refractivity contribution < 1.29 is 9.90 Å². The zero-order chi connectivity index (χ0) is 14.4. The van der Waals surface area contributed by atoms with Gasteiger partial charge in [0.1, 0.15) is 5.69 Å². The highest BCUT2D eigenvalue weighted by atomic mass is 16.3. The lowest BCUT2D eigenvalue weighted by Crippen LogP contribution is -2.39. The van der Waals surface area contributed by atoms with Crippen LogP contribution in [0.1, 0.15) is 16.1 Å². The number of aliphatic hydroxyl groups excluding tert-OH is 1. The fourth-order valence-corrected chi connectivity index (χ4v) is 1.79. The summed E-state index contributed by atoms with van der Waals surface area (Å²) in [6, 6.07) is 11.7. The van der Waals surface area contributed by atoms with Crippen molar-refractivity contribution in [2.24, 2.45) is 0 Å². The van der Waals surface area contributed by atoms with Crippen LogP contribution in [-0.2, 0) is 6.42 Å². The zero-order valence-corrected chi connectivity index (χ0v) is 10.7. The van der Waals surface area contributed by atoms with E-state index in [0.29, 0.717) is 6.42 Å². The molecule has 0 aliphatic heterocycles. The van der Waals surface area contributed by atoms with Crippen molar-refractivity contribution in [1.82, 2.24) is 15.5 Å². The highest BCUT2D eigenvalue weighted by Crippen LogP contribution is 2.03. The van der Waals surface area contributed by atoms with E-state index in [4.69, 9.17) is 0 Å². The molecule has 6 nitrogen and oxygen atoms in total. The zero-order valence-electron chi connectivity index (χ0n) is 10.7. The number of benzene rings is 1. The van der Waals surface area contributed by atoms with E-state index in [9.17, 15) is 14.7 Å². The first-order valence-electron chi connectivity index (χ1n) is 6.20. The van der Waals surface area contributed by atoms with Crippen LogP contribution in [0, 0.1) is 0 Å². The number of amides is 1. The summed E-state index contributed by atoms with van der Waals surface area (Å²) in [5, 5.41) is 17.8. The predicted molar refractivity (Wildman–Crippen MR) is 73.3 cm³/mol. The van der Waals surface area contributed by atoms with Gasteiger partial charge in [0.2, 0.25) is 0 Å². The van der Waals surface area contributed by atoms with Crippen molar-refractivity contribution in [3.8, 4) is 0 Å². The van der Waals surface area contributed by atoms with Gasteiger partial charge in [0.05, 0.1) is 12.6 Å². The minimum atomic E-state index is -0.434. The topological polar surface area (TPSA) is 95.1 Å². The molecule has 1 atom stereocenters. The highest BCUT2D eigenvalue weighted by molar-refractivity contribution is 5.92. The minimum absolute atomic E-state index is 0.108. The van der Waals surface area contributed by atoms with Gasteiger partial charge in [-0.25, -0.2) is 5.10 Å². The molecule has 2 rings (SSSR count). The molecule has 20 heavy (non-hydrogen) atoms. The molecule has 0 aliphatic carbocycles. The molecule has 1 unspecified atom stereocenters. The van der Waals surface area contributed by atoms with E-state index >= 15 is 0 Å². The van der Waals surface area contributed by atoms with Crippen LogP contribution in [0.25, 0.3) is 0 Å². The number of rotatable bonds is 5. The molecule has 0 spiro atoms. The number of aromatic amines is 1. The number of hydrogen-bond donors (Lipinski definition) is 3. The lowest BCUT2D eigenvalue weighted by Gasteiger charge is -2.15. The molecule has 0 bridgehead atoms. The summed E-state index contributed by atoms with van der Waals surface area (Å²) in [4.78, 5) is 22.8. The first-order valence-corrected chi connectivity index (χ1v) is 6.20. The molecule has 3 N–H and O–H groups in total. The van der Waals surface area contributed by atoms with Gasteiger partial charge in [-0.05, 0) is 18.1 Å². The third-order valence-corrected chi connectivity index (χ3v) is 2.79. The van der Waals surface area contributed by atoms with E-state index in [-0.39, 0.29) is 17.9 Å². The SMILES string of the molecule is O=C(NC(CO)Cc1ccccc1)c1ccc(=O)[nH]n1. The maximum absolute atomic E-state index is 11.9. The second-order valence-corrected chi connectivity index (χ2v) is 4.35. The number of H-pyrrole nitrogens is 1. The summed E-state index contributed by atoms with van der Waals surface area (Å²) in [6.07, 6.45) is 0.520. The van der Waals surface area contributed by atoms with Crippen molar-refractivity contribution in [1.29, 1.82) is 0 Å². The number of carbonyl (C=O) groups excluding carboxylic acids is 1. The number of aliphatic hydroxyl groups is 1. The molecular weight excluding hydrogens is 258 g/mol. The number of nitrogens with zero attached hydrogens (tertiary/aromatic N) is 1. The lowest BCUT2D eigenvalue weighted by molar-refractivity contribution is 0.0910. The van der Waals surface area contributed by atoms with Crippen LogP contribution >= 0.6 is 0 Å². The van der Waals surface area contributed by atoms with Crippen LogP contribution in [0.2, 0.25) is 0 Å². The maximum atomic E-state index is 11.9. The third-order valence-electron chi connectivity index (χ3n) is 2.79. The van der Waals surface area contributed by atoms with Gasteiger partial charge in [0.15, 0.2) is 0 Å². The van der Waals surface area contributed by atoms with Crippen molar-refractivity contribution in [2.75, 3.05) is 6.61 Å². The number of carbonyl (C=O) groups is 1. The Kier molecular flexibility index (Phi) is 4.62. The van der Waals surface area contributed by atoms with Gasteiger partial charge < -0.3 is 10.4 Å². The smallest absolute Gasteiger partial charge is 0.272 e. The third kappa shape index (κ3) is 3.76. The van der Waals surface area contributed by atoms with E-state index in [1.165, 1.54) is 12.1 Å². The fourth-order valence-electron chi connectivity index (χ4n) is 1.79. The van der Waals surface area contributed by atoms with Gasteiger partial charge in [-0.2, -0.15) is 5.10 Å². The highest BCUT2D eigenvalue weighted by Gasteiger charge is 2.14. The van der Waals surface area contributed by atoms with Gasteiger partial charge in [0, 0.05) is 6.07 Å². The van der Waals surface area contributed by atoms with E-state index in [0.717, 1.165) is 5.56 Å². The van der Waals surface area contributed by atoms with Crippen molar-refractivity contribution in [2.45, 2.75) is 12.5 Å². The number of hydrogen-bond acceptors (Lipinski definition) is 4. The van der Waals surface area contributed by atoms with Crippen LogP contribution in [0.3, 0.4) is 0 Å². The van der Waals surface area contributed by atoms with Gasteiger partial charge >= 0.3 is 0 Å². The Morgan fingerprint density at radius 2 is 2.00 bits per heavy atom. The van der Waals surface area contributed by atoms with Crippen molar-refractivity contribution in [3.05, 3.63) is 64.1 Å². The van der Waals surface area contributed by atoms with Crippen molar-refractivity contribution in [3.63, 3.8) is 0 Å². The van der Waals surface area contributed by atoms with Crippen LogP contribution in [0.5, 0.6) is 0 Å². The van der Waals surface area contributed by atoms with Crippen LogP contribution in [0.15, 0.2) is 47.3 Å². The predicted octanol–water partition coefficient (Wildman–Crippen LogP) is 0.103. The molecule has 2 aromatic rings. The number of aromatic nitrogens is 2. The Labute approximate surface area is 115 Å². The molecule has 6 heteroatoms. The first kappa shape index (κ1) is 14.0. The van der Waals surface area contributed by atoms with Crippen LogP contribution in [0.4, 0.5) is 0 Å². The fraction of sp³-hybridized carbons (Fsp3) is 0.214. The van der Waals surface area contributed by atoms with Gasteiger partial charge in [-0.3, -0.25) is 9.59 Å². The normalized spacial score (nSPS) is 11.8. The van der Waals surface area contributed by atoms with Gasteiger partial charge in [-0.15, -0.1) is 0 Å². The molecule has 1 aromatic heterocycles. The Morgan fingerprint density at radius 3 is 2.60 bits per heavy atom. The second kappa shape index (κ2) is 6.63. The standard InChI is InChI=1S/C14H15N3O3/c18-9-11(8-10-4-2-1-3-5-10)15-14(20)12-6-7-13(19)17-16-12/h1-7,11,18H,8-9H2,(H,15,20)(H,17,19). The number of nitrogens with one attached hydrogen (secondary N) is 2. The molecule has 1 heterocycles. The van der Waals surface area contributed by atoms with E-state index in [1.807, 2.05) is 30.3 Å². The molecule has 1 aromatic carbocycles. The van der Waals surface area contributed by atoms with E-state index in [2.05, 4.69) is 15.5 Å². The summed E-state index contributed by atoms with van der Waals surface area (Å²) in [7, 11) is 0. The molecule has 104 valence electrons. The maximum Gasteiger partial charge on any atom is 0.272 e. The average molecular weight is 273 g/mol. The summed E-state index contributed by atoms with van der Waals surface area (Å²) >= 11 is 0. The largest absolute Gasteiger partial charge is 0.394 e. The van der Waals surface area contributed by atoms with Crippen LogP contribution < -0.4 is 10.9 Å². The van der Waals surface area contributed by atoms with Gasteiger partial charge in [-0.1, -0.05) is 30.3 Å². The molecule has 0 fully saturated rings. The average Bonchev–Trinajstić information content (AvgIpc) is 2.48. The molecule has 0 radical (unpaired) electrons. The Bertz CT molecular complexity index is 605. The molecule has 0 saturated heterocycles. The monoisotopic (exact) mass is 273 g/mol. The Hall–Kier alpha value is -2.47. The summed E-state index contributed by atoms with van der Waals surface area (Å²) < 4.78 is 0. The molecule has 1 amide bonds. The lowest BCUT2D eigenvalue weighted by atomic mass is 10.1. The second-order valence-electron chi connectivity index (χ2n) is 4.35. The quantitative estimate of drug-likeness (QED) is 0.720. The van der Waals surface area contributed by atoms with Crippen molar-refractivity contribution >= 4 is 5.91 Å². The van der Waals surface area contributed by atoms with E-state index < -0.39 is 11.9 Å². The van der Waals surface area contributed by atoms with E-state index in [1.54, 1.807) is 0 Å². The first-order chi connectivity index (χ1) is 9.69. The Morgan fingerprint density at radius 1 is 1.25 bits per heavy atom. The molecular formula is C14H15N3O3. The molecule has 0 aliphatic rings. The summed E-state index contributed by atoms with van der Waals surface area (Å²) in [6.45, 7) is -0.177. The minimum Gasteiger partial charge on any atom is -0.394 e. The molecule has 0 saturated carbocycles. The van der Waals surface area contributed by atoms with Gasteiger partial charge in [0.25, 0.3) is 11.5 Å².